The van der Waals surface area contributed by atoms with Gasteiger partial charge in [0.1, 0.15) is 11.8 Å². The van der Waals surface area contributed by atoms with Gasteiger partial charge in [0.25, 0.3) is 0 Å². The molecule has 25 heavy (non-hydrogen) atoms. The molecule has 0 bridgehead atoms. The number of amides is 1. The summed E-state index contributed by atoms with van der Waals surface area (Å²) in [6, 6.07) is 7.25. The van der Waals surface area contributed by atoms with Crippen LogP contribution in [0.5, 0.6) is 5.75 Å². The first kappa shape index (κ1) is 17.7. The van der Waals surface area contributed by atoms with Crippen molar-refractivity contribution in [2.24, 2.45) is 5.92 Å². The molecule has 6 nitrogen and oxygen atoms in total. The first-order chi connectivity index (χ1) is 12.1. The second-order valence-corrected chi connectivity index (χ2v) is 7.00. The normalized spacial score (nSPS) is 26.0. The number of aliphatic carboxylic acids is 1. The number of carboxylic acids is 1. The fourth-order valence-electron chi connectivity index (χ4n) is 4.23. The molecule has 3 rings (SSSR count). The van der Waals surface area contributed by atoms with Gasteiger partial charge in [-0.1, -0.05) is 25.0 Å². The minimum absolute atomic E-state index is 0.125. The van der Waals surface area contributed by atoms with Gasteiger partial charge < -0.3 is 15.2 Å². The number of benzene rings is 1. The Hall–Kier alpha value is -2.08. The maximum absolute atomic E-state index is 12.4. The van der Waals surface area contributed by atoms with Gasteiger partial charge in [-0.3, -0.25) is 14.5 Å². The summed E-state index contributed by atoms with van der Waals surface area (Å²) in [4.78, 5) is 25.9. The van der Waals surface area contributed by atoms with Crippen molar-refractivity contribution in [2.75, 3.05) is 13.7 Å². The molecule has 1 saturated carbocycles. The lowest BCUT2D eigenvalue weighted by molar-refractivity contribution is -0.143. The molecule has 3 atom stereocenters. The summed E-state index contributed by atoms with van der Waals surface area (Å²) in [6.45, 7) is 0.567. The number of likely N-dealkylation sites (tertiary alicyclic amines) is 1. The van der Waals surface area contributed by atoms with Crippen LogP contribution in [0.15, 0.2) is 24.3 Å². The molecule has 1 aliphatic carbocycles. The number of nitrogens with zero attached hydrogens (tertiary/aromatic N) is 1. The number of fused-ring (bicyclic) bond motifs is 1. The second kappa shape index (κ2) is 7.87. The molecule has 6 heteroatoms. The van der Waals surface area contributed by atoms with E-state index in [4.69, 9.17) is 4.74 Å². The van der Waals surface area contributed by atoms with Crippen LogP contribution in [-0.4, -0.2) is 47.6 Å². The van der Waals surface area contributed by atoms with E-state index < -0.39 is 12.0 Å². The largest absolute Gasteiger partial charge is 0.497 e. The van der Waals surface area contributed by atoms with Gasteiger partial charge in [-0.15, -0.1) is 0 Å². The number of nitrogens with one attached hydrogen (secondary N) is 1. The number of methoxy groups -OCH3 is 1. The van der Waals surface area contributed by atoms with Gasteiger partial charge >= 0.3 is 5.97 Å². The lowest BCUT2D eigenvalue weighted by Crippen LogP contribution is -2.47. The highest BCUT2D eigenvalue weighted by atomic mass is 16.5. The van der Waals surface area contributed by atoms with Gasteiger partial charge in [-0.2, -0.15) is 0 Å². The predicted molar refractivity (Wildman–Crippen MR) is 93.3 cm³/mol. The van der Waals surface area contributed by atoms with Crippen LogP contribution in [0.25, 0.3) is 0 Å². The average molecular weight is 346 g/mol. The third-order valence-electron chi connectivity index (χ3n) is 5.46. The van der Waals surface area contributed by atoms with Crippen molar-refractivity contribution in [2.45, 2.75) is 50.7 Å². The van der Waals surface area contributed by atoms with Crippen molar-refractivity contribution in [1.82, 2.24) is 10.2 Å². The smallest absolute Gasteiger partial charge is 0.320 e. The quantitative estimate of drug-likeness (QED) is 0.824. The van der Waals surface area contributed by atoms with Crippen molar-refractivity contribution in [3.05, 3.63) is 29.8 Å². The third-order valence-corrected chi connectivity index (χ3v) is 5.46. The number of rotatable bonds is 6. The van der Waals surface area contributed by atoms with Crippen molar-refractivity contribution in [3.8, 4) is 5.75 Å². The highest BCUT2D eigenvalue weighted by molar-refractivity contribution is 5.80. The monoisotopic (exact) mass is 346 g/mol. The number of ether oxygens (including phenoxy) is 1. The van der Waals surface area contributed by atoms with Crippen LogP contribution in [0.2, 0.25) is 0 Å². The summed E-state index contributed by atoms with van der Waals surface area (Å²) in [5, 5.41) is 12.4. The predicted octanol–water partition coefficient (Wildman–Crippen LogP) is 2.03. The average Bonchev–Trinajstić information content (AvgIpc) is 2.99. The Labute approximate surface area is 148 Å². The Bertz CT molecular complexity index is 634. The number of carbonyl (C=O) groups is 2. The first-order valence-electron chi connectivity index (χ1n) is 8.96. The van der Waals surface area contributed by atoms with Crippen LogP contribution in [0.4, 0.5) is 0 Å². The summed E-state index contributed by atoms with van der Waals surface area (Å²) in [5.74, 6) is 0.235. The third kappa shape index (κ3) is 4.12. The maximum atomic E-state index is 12.4. The summed E-state index contributed by atoms with van der Waals surface area (Å²) < 4.78 is 5.18. The summed E-state index contributed by atoms with van der Waals surface area (Å²) in [5.41, 5.74) is 0.958. The van der Waals surface area contributed by atoms with Crippen molar-refractivity contribution in [1.29, 1.82) is 0 Å². The SMILES string of the molecule is COc1cccc(CNC(=O)CN2[C@@H]3CCCC[C@@H]3C[C@H]2C(=O)O)c1. The molecule has 1 amide bonds. The molecule has 0 aromatic heterocycles. The lowest BCUT2D eigenvalue weighted by atomic mass is 9.85. The summed E-state index contributed by atoms with van der Waals surface area (Å²) in [7, 11) is 1.61. The summed E-state index contributed by atoms with van der Waals surface area (Å²) in [6.07, 6.45) is 5.04. The van der Waals surface area contributed by atoms with Gasteiger partial charge in [0.2, 0.25) is 5.91 Å². The fourth-order valence-corrected chi connectivity index (χ4v) is 4.23. The molecule has 0 unspecified atom stereocenters. The molecule has 1 saturated heterocycles. The Morgan fingerprint density at radius 1 is 1.32 bits per heavy atom. The minimum atomic E-state index is -0.810. The molecule has 2 fully saturated rings. The number of carbonyl (C=O) groups excluding carboxylic acids is 1. The van der Waals surface area contributed by atoms with E-state index in [9.17, 15) is 14.7 Å². The van der Waals surface area contributed by atoms with Crippen molar-refractivity contribution < 1.29 is 19.4 Å². The zero-order valence-electron chi connectivity index (χ0n) is 14.6. The van der Waals surface area contributed by atoms with Crippen LogP contribution in [0, 0.1) is 5.92 Å². The molecule has 1 aromatic carbocycles. The molecule has 0 radical (unpaired) electrons. The number of hydrogen-bond donors (Lipinski definition) is 2. The van der Waals surface area contributed by atoms with E-state index in [2.05, 4.69) is 5.32 Å². The number of hydrogen-bond acceptors (Lipinski definition) is 4. The van der Waals surface area contributed by atoms with E-state index >= 15 is 0 Å². The molecule has 2 aliphatic rings. The Morgan fingerprint density at radius 2 is 2.12 bits per heavy atom. The van der Waals surface area contributed by atoms with Crippen LogP contribution >= 0.6 is 0 Å². The van der Waals surface area contributed by atoms with Gasteiger partial charge in [-0.05, 0) is 42.9 Å². The van der Waals surface area contributed by atoms with E-state index in [0.29, 0.717) is 18.9 Å². The lowest BCUT2D eigenvalue weighted by Gasteiger charge is -2.32. The zero-order chi connectivity index (χ0) is 17.8. The van der Waals surface area contributed by atoms with Gasteiger partial charge in [0, 0.05) is 12.6 Å². The molecule has 0 spiro atoms. The standard InChI is InChI=1S/C19H26N2O4/c1-25-15-7-4-5-13(9-15)11-20-18(22)12-21-16-8-3-2-6-14(16)10-17(21)19(23)24/h4-5,7,9,14,16-17H,2-3,6,8,10-12H2,1H3,(H,20,22)(H,23,24)/t14-,16-,17+/m1/s1. The van der Waals surface area contributed by atoms with Gasteiger partial charge in [0.05, 0.1) is 13.7 Å². The molecule has 1 aromatic rings. The molecule has 136 valence electrons. The van der Waals surface area contributed by atoms with Crippen LogP contribution in [0.3, 0.4) is 0 Å². The van der Waals surface area contributed by atoms with Crippen molar-refractivity contribution in [3.63, 3.8) is 0 Å². The van der Waals surface area contributed by atoms with E-state index in [-0.39, 0.29) is 18.5 Å². The Balaban J connectivity index is 1.59. The first-order valence-corrected chi connectivity index (χ1v) is 8.96. The van der Waals surface area contributed by atoms with E-state index in [1.807, 2.05) is 29.2 Å². The topological polar surface area (TPSA) is 78.9 Å². The second-order valence-electron chi connectivity index (χ2n) is 7.00. The molecular formula is C19H26N2O4. The minimum Gasteiger partial charge on any atom is -0.497 e. The fraction of sp³-hybridized carbons (Fsp3) is 0.579. The van der Waals surface area contributed by atoms with Gasteiger partial charge in [-0.25, -0.2) is 0 Å². The van der Waals surface area contributed by atoms with Gasteiger partial charge in [0.15, 0.2) is 0 Å². The molecule has 1 heterocycles. The summed E-state index contributed by atoms with van der Waals surface area (Å²) >= 11 is 0. The maximum Gasteiger partial charge on any atom is 0.320 e. The van der Waals surface area contributed by atoms with Crippen molar-refractivity contribution >= 4 is 11.9 Å². The van der Waals surface area contributed by atoms with E-state index in [0.717, 1.165) is 30.6 Å². The zero-order valence-corrected chi connectivity index (χ0v) is 14.6. The van der Waals surface area contributed by atoms with E-state index in [1.165, 1.54) is 6.42 Å². The molecule has 1 aliphatic heterocycles. The van der Waals surface area contributed by atoms with Crippen LogP contribution in [0.1, 0.15) is 37.7 Å². The molecule has 2 N–H and O–H groups in total. The highest BCUT2D eigenvalue weighted by Crippen LogP contribution is 2.39. The molecular weight excluding hydrogens is 320 g/mol. The van der Waals surface area contributed by atoms with Crippen LogP contribution < -0.4 is 10.1 Å². The number of carboxylic acid groups (broad SMARTS) is 1. The Morgan fingerprint density at radius 3 is 2.88 bits per heavy atom. The van der Waals surface area contributed by atoms with E-state index in [1.54, 1.807) is 7.11 Å². The Kier molecular flexibility index (Phi) is 5.58. The van der Waals surface area contributed by atoms with Crippen LogP contribution in [-0.2, 0) is 16.1 Å². The highest BCUT2D eigenvalue weighted by Gasteiger charge is 2.45.